The number of carbonyl (C=O) groups excluding carboxylic acids is 1. The summed E-state index contributed by atoms with van der Waals surface area (Å²) in [4.78, 5) is 17.3. The Morgan fingerprint density at radius 2 is 1.84 bits per heavy atom. The van der Waals surface area contributed by atoms with E-state index in [-0.39, 0.29) is 43.0 Å². The molecule has 4 rings (SSSR count). The molecule has 0 aliphatic heterocycles. The molecule has 0 bridgehead atoms. The highest BCUT2D eigenvalue weighted by atomic mass is 19.1. The summed E-state index contributed by atoms with van der Waals surface area (Å²) in [6.07, 6.45) is 0.228. The van der Waals surface area contributed by atoms with Crippen molar-refractivity contribution in [2.24, 2.45) is 5.92 Å². The molecule has 170 valence electrons. The zero-order chi connectivity index (χ0) is 23.0. The van der Waals surface area contributed by atoms with Gasteiger partial charge in [0.15, 0.2) is 0 Å². The average molecular weight is 446 g/mol. The third-order valence-electron chi connectivity index (χ3n) is 6.06. The van der Waals surface area contributed by atoms with Gasteiger partial charge >= 0.3 is 0 Å². The van der Waals surface area contributed by atoms with Gasteiger partial charge in [0.25, 0.3) is 0 Å². The van der Waals surface area contributed by atoms with Crippen molar-refractivity contribution in [1.29, 1.82) is 0 Å². The molecule has 1 atom stereocenters. The van der Waals surface area contributed by atoms with Gasteiger partial charge in [0.2, 0.25) is 5.91 Å². The first-order valence-corrected chi connectivity index (χ1v) is 10.6. The molecule has 0 radical (unpaired) electrons. The number of amides is 1. The Morgan fingerprint density at radius 3 is 2.47 bits per heavy atom. The third kappa shape index (κ3) is 4.25. The minimum absolute atomic E-state index is 0.124. The Hall–Kier alpha value is -2.84. The van der Waals surface area contributed by atoms with Crippen LogP contribution in [0.4, 0.5) is 13.2 Å². The second kappa shape index (κ2) is 8.96. The standard InChI is InChI=1S/C24H25F3N2O3/c1-13(31)12-29(6-7-30)24(32)16-8-15(9-16)21-19-10-18(26)11-20(27)23(19)28-22(21)14-2-4-17(25)5-3-14/h2-5,10-11,13,15-16,28,30-31H,6-9,12H2,1H3/t13?,15-,16-. The van der Waals surface area contributed by atoms with Gasteiger partial charge in [-0.1, -0.05) is 0 Å². The minimum Gasteiger partial charge on any atom is -0.395 e. The van der Waals surface area contributed by atoms with Crippen LogP contribution in [0.1, 0.15) is 31.2 Å². The number of hydrogen-bond donors (Lipinski definition) is 3. The Bertz CT molecular complexity index is 1120. The van der Waals surface area contributed by atoms with E-state index in [0.717, 1.165) is 6.07 Å². The molecule has 3 N–H and O–H groups in total. The van der Waals surface area contributed by atoms with Gasteiger partial charge in [0, 0.05) is 30.5 Å². The van der Waals surface area contributed by atoms with Gasteiger partial charge in [-0.2, -0.15) is 0 Å². The minimum atomic E-state index is -0.717. The van der Waals surface area contributed by atoms with Crippen molar-refractivity contribution in [2.45, 2.75) is 31.8 Å². The van der Waals surface area contributed by atoms with Crippen LogP contribution < -0.4 is 0 Å². The number of rotatable bonds is 7. The molecule has 1 aliphatic carbocycles. The molecule has 2 aromatic carbocycles. The summed E-state index contributed by atoms with van der Waals surface area (Å²) < 4.78 is 41.9. The van der Waals surface area contributed by atoms with Gasteiger partial charge in [-0.3, -0.25) is 4.79 Å². The maximum Gasteiger partial charge on any atom is 0.225 e. The molecule has 0 saturated heterocycles. The quantitative estimate of drug-likeness (QED) is 0.515. The summed E-state index contributed by atoms with van der Waals surface area (Å²) >= 11 is 0. The second-order valence-electron chi connectivity index (χ2n) is 8.45. The van der Waals surface area contributed by atoms with Gasteiger partial charge < -0.3 is 20.1 Å². The van der Waals surface area contributed by atoms with Crippen LogP contribution in [-0.2, 0) is 4.79 Å². The monoisotopic (exact) mass is 446 g/mol. The van der Waals surface area contributed by atoms with Crippen molar-refractivity contribution >= 4 is 16.8 Å². The van der Waals surface area contributed by atoms with Crippen LogP contribution >= 0.6 is 0 Å². The van der Waals surface area contributed by atoms with Crippen molar-refractivity contribution < 1.29 is 28.2 Å². The van der Waals surface area contributed by atoms with Gasteiger partial charge in [-0.25, -0.2) is 13.2 Å². The fourth-order valence-electron chi connectivity index (χ4n) is 4.55. The highest BCUT2D eigenvalue weighted by Gasteiger charge is 2.40. The fraction of sp³-hybridized carbons (Fsp3) is 0.375. The molecule has 1 fully saturated rings. The molecule has 1 aliphatic rings. The van der Waals surface area contributed by atoms with E-state index in [1.807, 2.05) is 0 Å². The lowest BCUT2D eigenvalue weighted by molar-refractivity contribution is -0.140. The summed E-state index contributed by atoms with van der Waals surface area (Å²) in [6.45, 7) is 1.63. The SMILES string of the molecule is CC(O)CN(CCO)C(=O)[C@H]1C[C@H](c2c(-c3ccc(F)cc3)[nH]c3c(F)cc(F)cc32)C1. The lowest BCUT2D eigenvalue weighted by Crippen LogP contribution is -2.45. The van der Waals surface area contributed by atoms with E-state index in [1.165, 1.54) is 23.1 Å². The van der Waals surface area contributed by atoms with Crippen LogP contribution in [0, 0.1) is 23.4 Å². The number of aromatic nitrogens is 1. The highest BCUT2D eigenvalue weighted by molar-refractivity contribution is 5.92. The third-order valence-corrected chi connectivity index (χ3v) is 6.06. The summed E-state index contributed by atoms with van der Waals surface area (Å²) in [5, 5.41) is 19.3. The number of H-pyrrole nitrogens is 1. The zero-order valence-electron chi connectivity index (χ0n) is 17.6. The normalized spacial score (nSPS) is 19.1. The second-order valence-corrected chi connectivity index (χ2v) is 8.45. The number of carbonyl (C=O) groups is 1. The number of benzene rings is 2. The largest absolute Gasteiger partial charge is 0.395 e. The first kappa shape index (κ1) is 22.4. The Balaban J connectivity index is 1.66. The number of nitrogens with one attached hydrogen (secondary N) is 1. The predicted octanol–water partition coefficient (Wildman–Crippen LogP) is 3.95. The molecule has 1 heterocycles. The van der Waals surface area contributed by atoms with E-state index in [1.54, 1.807) is 19.1 Å². The van der Waals surface area contributed by atoms with Crippen LogP contribution in [0.5, 0.6) is 0 Å². The molecule has 32 heavy (non-hydrogen) atoms. The van der Waals surface area contributed by atoms with Crippen molar-refractivity contribution in [3.63, 3.8) is 0 Å². The van der Waals surface area contributed by atoms with Crippen molar-refractivity contribution in [3.8, 4) is 11.3 Å². The van der Waals surface area contributed by atoms with E-state index in [0.29, 0.717) is 35.0 Å². The average Bonchev–Trinajstić information content (AvgIpc) is 3.06. The van der Waals surface area contributed by atoms with E-state index >= 15 is 0 Å². The Labute approximate surface area is 183 Å². The van der Waals surface area contributed by atoms with Crippen LogP contribution in [0.25, 0.3) is 22.2 Å². The number of aliphatic hydroxyl groups is 2. The van der Waals surface area contributed by atoms with Gasteiger partial charge in [-0.05, 0) is 67.1 Å². The number of aromatic amines is 1. The van der Waals surface area contributed by atoms with Crippen LogP contribution in [-0.4, -0.2) is 51.8 Å². The first-order chi connectivity index (χ1) is 15.3. The van der Waals surface area contributed by atoms with E-state index in [9.17, 15) is 28.2 Å². The van der Waals surface area contributed by atoms with Crippen LogP contribution in [0.2, 0.25) is 0 Å². The van der Waals surface area contributed by atoms with E-state index in [4.69, 9.17) is 0 Å². The first-order valence-electron chi connectivity index (χ1n) is 10.6. The number of halogens is 3. The van der Waals surface area contributed by atoms with Crippen molar-refractivity contribution in [1.82, 2.24) is 9.88 Å². The maximum atomic E-state index is 14.5. The molecule has 1 unspecified atom stereocenters. The highest BCUT2D eigenvalue weighted by Crippen LogP contribution is 2.48. The van der Waals surface area contributed by atoms with Crippen LogP contribution in [0.15, 0.2) is 36.4 Å². The topological polar surface area (TPSA) is 76.6 Å². The zero-order valence-corrected chi connectivity index (χ0v) is 17.6. The molecular weight excluding hydrogens is 421 g/mol. The molecule has 3 aromatic rings. The smallest absolute Gasteiger partial charge is 0.225 e. The summed E-state index contributed by atoms with van der Waals surface area (Å²) in [6, 6.07) is 7.84. The Morgan fingerprint density at radius 1 is 1.16 bits per heavy atom. The molecular formula is C24H25F3N2O3. The van der Waals surface area contributed by atoms with Gasteiger partial charge in [-0.15, -0.1) is 0 Å². The summed E-state index contributed by atoms with van der Waals surface area (Å²) in [5.41, 5.74) is 2.10. The van der Waals surface area contributed by atoms with Crippen molar-refractivity contribution in [2.75, 3.05) is 19.7 Å². The van der Waals surface area contributed by atoms with Gasteiger partial charge in [0.1, 0.15) is 17.5 Å². The van der Waals surface area contributed by atoms with Crippen LogP contribution in [0.3, 0.4) is 0 Å². The molecule has 1 amide bonds. The van der Waals surface area contributed by atoms with E-state index in [2.05, 4.69) is 4.98 Å². The number of aliphatic hydroxyl groups excluding tert-OH is 2. The molecule has 8 heteroatoms. The number of hydrogen-bond acceptors (Lipinski definition) is 3. The van der Waals surface area contributed by atoms with Crippen molar-refractivity contribution in [3.05, 3.63) is 59.4 Å². The predicted molar refractivity (Wildman–Crippen MR) is 114 cm³/mol. The Kier molecular flexibility index (Phi) is 6.26. The lowest BCUT2D eigenvalue weighted by Gasteiger charge is -2.38. The molecule has 5 nitrogen and oxygen atoms in total. The number of fused-ring (bicyclic) bond motifs is 1. The fourth-order valence-corrected chi connectivity index (χ4v) is 4.55. The lowest BCUT2D eigenvalue weighted by atomic mass is 9.69. The number of nitrogens with zero attached hydrogens (tertiary/aromatic N) is 1. The summed E-state index contributed by atoms with van der Waals surface area (Å²) in [5.74, 6) is -2.40. The van der Waals surface area contributed by atoms with E-state index < -0.39 is 23.6 Å². The van der Waals surface area contributed by atoms with Gasteiger partial charge in [0.05, 0.1) is 23.9 Å². The molecule has 1 aromatic heterocycles. The maximum absolute atomic E-state index is 14.5. The summed E-state index contributed by atoms with van der Waals surface area (Å²) in [7, 11) is 0. The molecule has 0 spiro atoms. The molecule has 1 saturated carbocycles.